The van der Waals surface area contributed by atoms with Gasteiger partial charge in [0, 0.05) is 6.92 Å². The van der Waals surface area contributed by atoms with Gasteiger partial charge in [0.2, 0.25) is 5.91 Å². The minimum atomic E-state index is -0.714. The molecule has 0 radical (unpaired) electrons. The first-order chi connectivity index (χ1) is 4.57. The maximum absolute atomic E-state index is 10.4. The zero-order chi connectivity index (χ0) is 8.15. The van der Waals surface area contributed by atoms with E-state index in [-0.39, 0.29) is 12.5 Å². The smallest absolute Gasteiger partial charge is 0.217 e. The zero-order valence-electron chi connectivity index (χ0n) is 6.16. The topological polar surface area (TPSA) is 69.6 Å². The van der Waals surface area contributed by atoms with Crippen LogP contribution in [0.25, 0.3) is 0 Å². The Morgan fingerprint density at radius 1 is 1.70 bits per heavy atom. The first kappa shape index (κ1) is 9.39. The van der Waals surface area contributed by atoms with Crippen molar-refractivity contribution in [3.63, 3.8) is 0 Å². The van der Waals surface area contributed by atoms with E-state index in [4.69, 9.17) is 10.2 Å². The maximum Gasteiger partial charge on any atom is 0.217 e. The van der Waals surface area contributed by atoms with Crippen molar-refractivity contribution in [2.75, 3.05) is 6.61 Å². The van der Waals surface area contributed by atoms with Gasteiger partial charge < -0.3 is 15.5 Å². The molecule has 60 valence electrons. The van der Waals surface area contributed by atoms with Gasteiger partial charge in [-0.25, -0.2) is 0 Å². The molecular weight excluding hydrogens is 134 g/mol. The normalized spacial score (nSPS) is 16.0. The molecule has 0 aliphatic heterocycles. The summed E-state index contributed by atoms with van der Waals surface area (Å²) in [6.07, 6.45) is -0.714. The number of nitrogens with one attached hydrogen (secondary N) is 1. The highest BCUT2D eigenvalue weighted by molar-refractivity contribution is 5.73. The van der Waals surface area contributed by atoms with Crippen molar-refractivity contribution in [1.29, 1.82) is 0 Å². The third kappa shape index (κ3) is 3.42. The Kier molecular flexibility index (Phi) is 3.99. The molecule has 0 aromatic heterocycles. The third-order valence-corrected chi connectivity index (χ3v) is 1.17. The summed E-state index contributed by atoms with van der Waals surface area (Å²) < 4.78 is 0. The number of hydrogen-bond acceptors (Lipinski definition) is 3. The van der Waals surface area contributed by atoms with Crippen molar-refractivity contribution >= 4 is 5.91 Å². The van der Waals surface area contributed by atoms with Gasteiger partial charge in [0.25, 0.3) is 0 Å². The molecule has 1 amide bonds. The largest absolute Gasteiger partial charge is 0.394 e. The number of carbonyl (C=O) groups is 1. The summed E-state index contributed by atoms with van der Waals surface area (Å²) in [5, 5.41) is 19.8. The fourth-order valence-electron chi connectivity index (χ4n) is 0.580. The molecule has 0 spiro atoms. The van der Waals surface area contributed by atoms with Crippen LogP contribution in [0, 0.1) is 0 Å². The van der Waals surface area contributed by atoms with E-state index in [1.807, 2.05) is 0 Å². The average molecular weight is 147 g/mol. The predicted molar refractivity (Wildman–Crippen MR) is 36.4 cm³/mol. The monoisotopic (exact) mass is 147 g/mol. The molecule has 0 fully saturated rings. The maximum atomic E-state index is 10.4. The summed E-state index contributed by atoms with van der Waals surface area (Å²) in [4.78, 5) is 10.4. The Morgan fingerprint density at radius 3 is 2.30 bits per heavy atom. The standard InChI is InChI=1S/C6H13NO3/c1-4(9)6(3-8)7-5(2)10/h4,6,8-9H,3H2,1-2H3,(H,7,10)/t4?,6-/m0/s1. The van der Waals surface area contributed by atoms with Crippen molar-refractivity contribution in [1.82, 2.24) is 5.32 Å². The van der Waals surface area contributed by atoms with Crippen LogP contribution in [0.3, 0.4) is 0 Å². The molecule has 0 aliphatic rings. The zero-order valence-corrected chi connectivity index (χ0v) is 6.16. The van der Waals surface area contributed by atoms with Crippen LogP contribution in [0.4, 0.5) is 0 Å². The van der Waals surface area contributed by atoms with Gasteiger partial charge in [0.1, 0.15) is 0 Å². The third-order valence-electron chi connectivity index (χ3n) is 1.17. The Bertz CT molecular complexity index is 114. The van der Waals surface area contributed by atoms with E-state index < -0.39 is 12.1 Å². The van der Waals surface area contributed by atoms with E-state index in [1.54, 1.807) is 0 Å². The first-order valence-corrected chi connectivity index (χ1v) is 3.14. The fourth-order valence-corrected chi connectivity index (χ4v) is 0.580. The predicted octanol–water partition coefficient (Wildman–Crippen LogP) is -1.14. The van der Waals surface area contributed by atoms with Crippen LogP contribution in [0.1, 0.15) is 13.8 Å². The number of aliphatic hydroxyl groups excluding tert-OH is 2. The summed E-state index contributed by atoms with van der Waals surface area (Å²) in [6, 6.07) is -0.544. The Balaban J connectivity index is 3.71. The number of hydrogen-bond donors (Lipinski definition) is 3. The van der Waals surface area contributed by atoms with Gasteiger partial charge in [0.15, 0.2) is 0 Å². The second-order valence-electron chi connectivity index (χ2n) is 2.23. The average Bonchev–Trinajstić information content (AvgIpc) is 1.81. The summed E-state index contributed by atoms with van der Waals surface area (Å²) in [5.74, 6) is -0.250. The van der Waals surface area contributed by atoms with Crippen molar-refractivity contribution in [3.05, 3.63) is 0 Å². The minimum absolute atomic E-state index is 0.239. The molecular formula is C6H13NO3. The summed E-state index contributed by atoms with van der Waals surface area (Å²) in [7, 11) is 0. The molecule has 0 aliphatic carbocycles. The van der Waals surface area contributed by atoms with Crippen LogP contribution >= 0.6 is 0 Å². The van der Waals surface area contributed by atoms with Crippen molar-refractivity contribution in [2.45, 2.75) is 26.0 Å². The van der Waals surface area contributed by atoms with Crippen LogP contribution in [-0.2, 0) is 4.79 Å². The Labute approximate surface area is 59.9 Å². The van der Waals surface area contributed by atoms with Gasteiger partial charge in [-0.3, -0.25) is 4.79 Å². The molecule has 10 heavy (non-hydrogen) atoms. The van der Waals surface area contributed by atoms with Crippen LogP contribution in [0.2, 0.25) is 0 Å². The van der Waals surface area contributed by atoms with Crippen LogP contribution < -0.4 is 5.32 Å². The van der Waals surface area contributed by atoms with Gasteiger partial charge in [-0.05, 0) is 6.92 Å². The van der Waals surface area contributed by atoms with E-state index >= 15 is 0 Å². The van der Waals surface area contributed by atoms with E-state index in [9.17, 15) is 4.79 Å². The Hall–Kier alpha value is -0.610. The minimum Gasteiger partial charge on any atom is -0.394 e. The van der Waals surface area contributed by atoms with Crippen LogP contribution in [0.5, 0.6) is 0 Å². The number of amides is 1. The summed E-state index contributed by atoms with van der Waals surface area (Å²) >= 11 is 0. The van der Waals surface area contributed by atoms with Crippen molar-refractivity contribution in [3.8, 4) is 0 Å². The van der Waals surface area contributed by atoms with Gasteiger partial charge in [-0.2, -0.15) is 0 Å². The SMILES string of the molecule is CC(=O)N[C@@H](CO)C(C)O. The van der Waals surface area contributed by atoms with Gasteiger partial charge in [-0.1, -0.05) is 0 Å². The molecule has 0 aromatic carbocycles. The lowest BCUT2D eigenvalue weighted by molar-refractivity contribution is -0.120. The highest BCUT2D eigenvalue weighted by Crippen LogP contribution is 1.89. The molecule has 0 heterocycles. The van der Waals surface area contributed by atoms with Gasteiger partial charge in [0.05, 0.1) is 18.8 Å². The lowest BCUT2D eigenvalue weighted by atomic mass is 10.2. The molecule has 0 bridgehead atoms. The molecule has 0 saturated heterocycles. The lowest BCUT2D eigenvalue weighted by Crippen LogP contribution is -2.43. The summed E-state index contributed by atoms with van der Waals surface area (Å²) in [5.41, 5.74) is 0. The second-order valence-corrected chi connectivity index (χ2v) is 2.23. The first-order valence-electron chi connectivity index (χ1n) is 3.14. The molecule has 0 saturated carbocycles. The second kappa shape index (κ2) is 4.24. The molecule has 1 unspecified atom stereocenters. The molecule has 0 aromatic rings. The van der Waals surface area contributed by atoms with Crippen LogP contribution in [-0.4, -0.2) is 34.9 Å². The van der Waals surface area contributed by atoms with Crippen molar-refractivity contribution < 1.29 is 15.0 Å². The van der Waals surface area contributed by atoms with Gasteiger partial charge in [-0.15, -0.1) is 0 Å². The molecule has 3 N–H and O–H groups in total. The quantitative estimate of drug-likeness (QED) is 0.473. The molecule has 2 atom stereocenters. The highest BCUT2D eigenvalue weighted by Gasteiger charge is 2.13. The molecule has 4 nitrogen and oxygen atoms in total. The van der Waals surface area contributed by atoms with Crippen molar-refractivity contribution in [2.24, 2.45) is 0 Å². The van der Waals surface area contributed by atoms with E-state index in [0.717, 1.165) is 0 Å². The van der Waals surface area contributed by atoms with E-state index in [2.05, 4.69) is 5.32 Å². The van der Waals surface area contributed by atoms with Crippen LogP contribution in [0.15, 0.2) is 0 Å². The van der Waals surface area contributed by atoms with Gasteiger partial charge >= 0.3 is 0 Å². The Morgan fingerprint density at radius 2 is 2.20 bits per heavy atom. The molecule has 4 heteroatoms. The number of aliphatic hydroxyl groups is 2. The fraction of sp³-hybridized carbons (Fsp3) is 0.833. The summed E-state index contributed by atoms with van der Waals surface area (Å²) in [6.45, 7) is 2.61. The van der Waals surface area contributed by atoms with E-state index in [1.165, 1.54) is 13.8 Å². The molecule has 0 rings (SSSR count). The lowest BCUT2D eigenvalue weighted by Gasteiger charge is -2.17. The number of rotatable bonds is 3. The highest BCUT2D eigenvalue weighted by atomic mass is 16.3. The number of carbonyl (C=O) groups excluding carboxylic acids is 1. The van der Waals surface area contributed by atoms with E-state index in [0.29, 0.717) is 0 Å².